The highest BCUT2D eigenvalue weighted by Gasteiger charge is 2.50. The number of carbonyl (C=O) groups excluding carboxylic acids is 4. The van der Waals surface area contributed by atoms with Gasteiger partial charge in [0.05, 0.1) is 10.8 Å². The second kappa shape index (κ2) is 7.91. The molecule has 0 saturated heterocycles. The number of carbonyl (C=O) groups is 4. The van der Waals surface area contributed by atoms with Gasteiger partial charge in [-0.05, 0) is 52.9 Å². The monoisotopic (exact) mass is 374 g/mol. The van der Waals surface area contributed by atoms with Gasteiger partial charge in [-0.1, -0.05) is 19.1 Å². The van der Waals surface area contributed by atoms with Crippen LogP contribution < -0.4 is 0 Å². The van der Waals surface area contributed by atoms with Crippen LogP contribution >= 0.6 is 0 Å². The van der Waals surface area contributed by atoms with Crippen molar-refractivity contribution in [3.8, 4) is 0 Å². The topological polar surface area (TPSA) is 77.5 Å². The SMILES string of the molecule is CC/C=C/CC1C(=O)CCC1CC(=O)OC1=CC(=O)C(C)(C)C(=O)C1(C)C. The Bertz CT molecular complexity index is 708. The highest BCUT2D eigenvalue weighted by atomic mass is 16.5. The van der Waals surface area contributed by atoms with Crippen molar-refractivity contribution in [3.05, 3.63) is 24.0 Å². The number of ketones is 3. The largest absolute Gasteiger partial charge is 0.430 e. The Balaban J connectivity index is 2.08. The van der Waals surface area contributed by atoms with Crippen LogP contribution in [-0.2, 0) is 23.9 Å². The molecule has 0 heterocycles. The first-order valence-corrected chi connectivity index (χ1v) is 9.71. The molecule has 2 unspecified atom stereocenters. The molecular formula is C22H30O5. The molecule has 0 bridgehead atoms. The van der Waals surface area contributed by atoms with E-state index < -0.39 is 16.8 Å². The molecule has 5 nitrogen and oxygen atoms in total. The standard InChI is InChI=1S/C22H30O5/c1-6-7-8-9-15-14(10-11-16(15)23)12-19(25)27-18-13-17(24)21(2,3)20(26)22(18,4)5/h7-8,13-15H,6,9-12H2,1-5H3/b8-7+. The van der Waals surface area contributed by atoms with Crippen molar-refractivity contribution in [1.82, 2.24) is 0 Å². The van der Waals surface area contributed by atoms with Gasteiger partial charge in [0.1, 0.15) is 11.5 Å². The average molecular weight is 374 g/mol. The van der Waals surface area contributed by atoms with Crippen molar-refractivity contribution in [2.24, 2.45) is 22.7 Å². The Kier molecular flexibility index (Phi) is 6.23. The smallest absolute Gasteiger partial charge is 0.311 e. The van der Waals surface area contributed by atoms with E-state index in [-0.39, 0.29) is 41.4 Å². The van der Waals surface area contributed by atoms with E-state index in [1.165, 1.54) is 6.08 Å². The molecule has 0 amide bonds. The van der Waals surface area contributed by atoms with Crippen molar-refractivity contribution in [2.75, 3.05) is 0 Å². The molecule has 1 saturated carbocycles. The van der Waals surface area contributed by atoms with E-state index >= 15 is 0 Å². The van der Waals surface area contributed by atoms with Gasteiger partial charge in [-0.2, -0.15) is 0 Å². The second-order valence-electron chi connectivity index (χ2n) is 8.62. The fourth-order valence-electron chi connectivity index (χ4n) is 3.98. The van der Waals surface area contributed by atoms with Crippen LogP contribution in [0.3, 0.4) is 0 Å². The average Bonchev–Trinajstić information content (AvgIpc) is 2.92. The van der Waals surface area contributed by atoms with Gasteiger partial charge in [-0.15, -0.1) is 0 Å². The molecule has 0 aromatic heterocycles. The Morgan fingerprint density at radius 2 is 1.81 bits per heavy atom. The number of esters is 1. The fraction of sp³-hybridized carbons (Fsp3) is 0.636. The minimum Gasteiger partial charge on any atom is -0.430 e. The molecule has 0 aliphatic heterocycles. The van der Waals surface area contributed by atoms with E-state index in [1.807, 2.05) is 19.1 Å². The molecule has 0 spiro atoms. The van der Waals surface area contributed by atoms with Crippen LogP contribution in [0.25, 0.3) is 0 Å². The maximum Gasteiger partial charge on any atom is 0.311 e. The molecular weight excluding hydrogens is 344 g/mol. The van der Waals surface area contributed by atoms with Crippen LogP contribution in [0.2, 0.25) is 0 Å². The summed E-state index contributed by atoms with van der Waals surface area (Å²) in [6.45, 7) is 8.55. The molecule has 148 valence electrons. The number of rotatable bonds is 6. The zero-order chi connectivity index (χ0) is 20.4. The van der Waals surface area contributed by atoms with Gasteiger partial charge in [-0.25, -0.2) is 0 Å². The van der Waals surface area contributed by atoms with E-state index in [0.29, 0.717) is 19.3 Å². The molecule has 2 rings (SSSR count). The zero-order valence-electron chi connectivity index (χ0n) is 17.0. The van der Waals surface area contributed by atoms with Crippen LogP contribution in [0.15, 0.2) is 24.0 Å². The van der Waals surface area contributed by atoms with Gasteiger partial charge < -0.3 is 4.74 Å². The minimum absolute atomic E-state index is 0.0540. The van der Waals surface area contributed by atoms with E-state index in [9.17, 15) is 19.2 Å². The zero-order valence-corrected chi connectivity index (χ0v) is 17.0. The third-order valence-corrected chi connectivity index (χ3v) is 5.82. The molecule has 0 aromatic rings. The summed E-state index contributed by atoms with van der Waals surface area (Å²) in [5, 5.41) is 0. The van der Waals surface area contributed by atoms with Crippen molar-refractivity contribution in [3.63, 3.8) is 0 Å². The summed E-state index contributed by atoms with van der Waals surface area (Å²) in [5.74, 6) is -1.01. The van der Waals surface area contributed by atoms with Gasteiger partial charge in [-0.3, -0.25) is 19.2 Å². The highest BCUT2D eigenvalue weighted by Crippen LogP contribution is 2.42. The summed E-state index contributed by atoms with van der Waals surface area (Å²) < 4.78 is 5.46. The number of allylic oxidation sites excluding steroid dienone is 4. The van der Waals surface area contributed by atoms with Crippen molar-refractivity contribution in [1.29, 1.82) is 0 Å². The predicted molar refractivity (Wildman–Crippen MR) is 102 cm³/mol. The summed E-state index contributed by atoms with van der Waals surface area (Å²) in [6, 6.07) is 0. The molecule has 2 aliphatic rings. The molecule has 1 fully saturated rings. The normalized spacial score (nSPS) is 27.1. The maximum atomic E-state index is 12.7. The van der Waals surface area contributed by atoms with E-state index in [4.69, 9.17) is 4.74 Å². The first kappa shape index (κ1) is 21.3. The van der Waals surface area contributed by atoms with Crippen molar-refractivity contribution in [2.45, 2.75) is 66.7 Å². The van der Waals surface area contributed by atoms with Crippen molar-refractivity contribution >= 4 is 23.3 Å². The second-order valence-corrected chi connectivity index (χ2v) is 8.62. The Morgan fingerprint density at radius 3 is 2.44 bits per heavy atom. The lowest BCUT2D eigenvalue weighted by Crippen LogP contribution is -2.47. The van der Waals surface area contributed by atoms with Gasteiger partial charge >= 0.3 is 5.97 Å². The Morgan fingerprint density at radius 1 is 1.15 bits per heavy atom. The molecule has 2 atom stereocenters. The maximum absolute atomic E-state index is 12.7. The predicted octanol–water partition coefficient (Wildman–Crippen LogP) is 3.96. The third-order valence-electron chi connectivity index (χ3n) is 5.82. The van der Waals surface area contributed by atoms with Crippen LogP contribution in [0.1, 0.15) is 66.7 Å². The van der Waals surface area contributed by atoms with Gasteiger partial charge in [0.2, 0.25) is 0 Å². The summed E-state index contributed by atoms with van der Waals surface area (Å²) in [6.07, 6.45) is 8.14. The lowest BCUT2D eigenvalue weighted by molar-refractivity contribution is -0.149. The molecule has 2 aliphatic carbocycles. The first-order valence-electron chi connectivity index (χ1n) is 9.71. The van der Waals surface area contributed by atoms with E-state index in [2.05, 4.69) is 0 Å². The fourth-order valence-corrected chi connectivity index (χ4v) is 3.98. The summed E-state index contributed by atoms with van der Waals surface area (Å²) >= 11 is 0. The van der Waals surface area contributed by atoms with Crippen LogP contribution in [0.4, 0.5) is 0 Å². The molecule has 5 heteroatoms. The van der Waals surface area contributed by atoms with E-state index in [1.54, 1.807) is 27.7 Å². The summed E-state index contributed by atoms with van der Waals surface area (Å²) in [5.41, 5.74) is -2.16. The first-order chi connectivity index (χ1) is 12.5. The van der Waals surface area contributed by atoms with Gasteiger partial charge in [0, 0.05) is 24.8 Å². The lowest BCUT2D eigenvalue weighted by Gasteiger charge is -2.36. The third kappa shape index (κ3) is 4.28. The number of ether oxygens (including phenoxy) is 1. The summed E-state index contributed by atoms with van der Waals surface area (Å²) in [7, 11) is 0. The Hall–Kier alpha value is -2.04. The van der Waals surface area contributed by atoms with Gasteiger partial charge in [0.25, 0.3) is 0 Å². The summed E-state index contributed by atoms with van der Waals surface area (Å²) in [4.78, 5) is 49.5. The van der Waals surface area contributed by atoms with Crippen LogP contribution in [-0.4, -0.2) is 23.3 Å². The van der Waals surface area contributed by atoms with E-state index in [0.717, 1.165) is 6.42 Å². The minimum atomic E-state index is -1.12. The number of hydrogen-bond acceptors (Lipinski definition) is 5. The van der Waals surface area contributed by atoms with Gasteiger partial charge in [0.15, 0.2) is 11.6 Å². The van der Waals surface area contributed by atoms with Crippen molar-refractivity contribution < 1.29 is 23.9 Å². The quantitative estimate of drug-likeness (QED) is 0.399. The molecule has 27 heavy (non-hydrogen) atoms. The highest BCUT2D eigenvalue weighted by molar-refractivity contribution is 6.16. The molecule has 0 N–H and O–H groups in total. The molecule has 0 aromatic carbocycles. The van der Waals surface area contributed by atoms with Crippen LogP contribution in [0, 0.1) is 22.7 Å². The molecule has 0 radical (unpaired) electrons. The number of hydrogen-bond donors (Lipinski definition) is 0. The lowest BCUT2D eigenvalue weighted by atomic mass is 9.66. The Labute approximate surface area is 161 Å². The van der Waals surface area contributed by atoms with Crippen LogP contribution in [0.5, 0.6) is 0 Å². The number of Topliss-reactive ketones (excluding diaryl/α,β-unsaturated/α-hetero) is 2.